The van der Waals surface area contributed by atoms with Crippen molar-refractivity contribution in [2.45, 2.75) is 89.4 Å². The highest BCUT2D eigenvalue weighted by Gasteiger charge is 2.55. The third-order valence-electron chi connectivity index (χ3n) is 7.83. The van der Waals surface area contributed by atoms with Crippen LogP contribution in [0.25, 0.3) is 0 Å². The summed E-state index contributed by atoms with van der Waals surface area (Å²) in [6.07, 6.45) is 7.11. The van der Waals surface area contributed by atoms with E-state index in [4.69, 9.17) is 14.2 Å². The average Bonchev–Trinajstić information content (AvgIpc) is 3.35. The fourth-order valence-electron chi connectivity index (χ4n) is 6.47. The molecule has 0 aromatic heterocycles. The first kappa shape index (κ1) is 18.6. The maximum Gasteiger partial charge on any atom is 0.334 e. The molecule has 0 saturated carbocycles. The summed E-state index contributed by atoms with van der Waals surface area (Å²) in [5.74, 6) is 0.546. The Hall–Kier alpha value is -1.40. The molecule has 154 valence electrons. The Morgan fingerprint density at radius 2 is 1.82 bits per heavy atom. The van der Waals surface area contributed by atoms with Gasteiger partial charge in [0.05, 0.1) is 12.0 Å². The van der Waals surface area contributed by atoms with Gasteiger partial charge in [0.25, 0.3) is 0 Å². The van der Waals surface area contributed by atoms with Crippen LogP contribution in [0.2, 0.25) is 0 Å². The zero-order chi connectivity index (χ0) is 19.6. The predicted molar refractivity (Wildman–Crippen MR) is 101 cm³/mol. The molecule has 0 radical (unpaired) electrons. The highest BCUT2D eigenvalue weighted by atomic mass is 16.6. The van der Waals surface area contributed by atoms with Crippen LogP contribution >= 0.6 is 0 Å². The van der Waals surface area contributed by atoms with Crippen molar-refractivity contribution in [3.05, 3.63) is 11.6 Å². The van der Waals surface area contributed by atoms with E-state index >= 15 is 0 Å². The van der Waals surface area contributed by atoms with Gasteiger partial charge in [0, 0.05) is 23.6 Å². The first-order chi connectivity index (χ1) is 13.4. The summed E-state index contributed by atoms with van der Waals surface area (Å²) in [4.78, 5) is 26.4. The van der Waals surface area contributed by atoms with Gasteiger partial charge in [-0.25, -0.2) is 4.79 Å². The first-order valence-electron chi connectivity index (χ1n) is 10.9. The van der Waals surface area contributed by atoms with Gasteiger partial charge < -0.3 is 14.2 Å². The molecule has 0 unspecified atom stereocenters. The van der Waals surface area contributed by atoms with Crippen LogP contribution < -0.4 is 0 Å². The summed E-state index contributed by atoms with van der Waals surface area (Å²) in [5.41, 5.74) is 0.688. The summed E-state index contributed by atoms with van der Waals surface area (Å²) in [6, 6.07) is 0.810. The van der Waals surface area contributed by atoms with E-state index in [0.717, 1.165) is 38.6 Å². The predicted octanol–water partition coefficient (Wildman–Crippen LogP) is 2.46. The topological polar surface area (TPSA) is 65.1 Å². The molecular formula is C22H31NO5. The number of hydrogen-bond acceptors (Lipinski definition) is 6. The molecule has 0 aromatic carbocycles. The number of carbonyl (C=O) groups is 2. The van der Waals surface area contributed by atoms with Crippen LogP contribution in [0.4, 0.5) is 0 Å². The Labute approximate surface area is 166 Å². The molecule has 5 aliphatic rings. The van der Waals surface area contributed by atoms with Gasteiger partial charge in [-0.1, -0.05) is 13.8 Å². The Kier molecular flexibility index (Phi) is 4.55. The summed E-state index contributed by atoms with van der Waals surface area (Å²) in [5, 5.41) is 0. The van der Waals surface area contributed by atoms with Crippen LogP contribution in [-0.2, 0) is 23.8 Å². The number of fused-ring (bicyclic) bond motifs is 3. The molecule has 0 N–H and O–H groups in total. The van der Waals surface area contributed by atoms with Crippen molar-refractivity contribution in [1.29, 1.82) is 0 Å². The van der Waals surface area contributed by atoms with E-state index in [1.807, 2.05) is 19.9 Å². The van der Waals surface area contributed by atoms with Gasteiger partial charge in [0.2, 0.25) is 0 Å². The van der Waals surface area contributed by atoms with Crippen LogP contribution in [0.15, 0.2) is 11.6 Å². The minimum Gasteiger partial charge on any atom is -0.460 e. The number of hydrogen-bond donors (Lipinski definition) is 0. The van der Waals surface area contributed by atoms with E-state index in [0.29, 0.717) is 29.5 Å². The molecule has 0 bridgehead atoms. The zero-order valence-corrected chi connectivity index (χ0v) is 17.0. The van der Waals surface area contributed by atoms with E-state index in [1.54, 1.807) is 0 Å². The molecule has 0 aromatic rings. The van der Waals surface area contributed by atoms with E-state index in [1.165, 1.54) is 0 Å². The number of nitrogens with zero attached hydrogens (tertiary/aromatic N) is 1. The van der Waals surface area contributed by atoms with E-state index in [2.05, 4.69) is 11.8 Å². The second-order valence-electron chi connectivity index (χ2n) is 9.50. The van der Waals surface area contributed by atoms with E-state index < -0.39 is 0 Å². The van der Waals surface area contributed by atoms with Crippen molar-refractivity contribution in [2.75, 3.05) is 6.54 Å². The molecule has 0 spiro atoms. The van der Waals surface area contributed by atoms with E-state index in [-0.39, 0.29) is 42.3 Å². The maximum absolute atomic E-state index is 11.9. The highest BCUT2D eigenvalue weighted by molar-refractivity contribution is 5.90. The molecule has 5 aliphatic heterocycles. The molecule has 4 fully saturated rings. The standard InChI is InChI=1S/C22H31NO5/c1-11-9-17(27-21(11)24)14-6-7-15-19-13(3)20(18-10-12(2)22(25)28-18)26-16(19)5-4-8-23(14)15/h10-11,13-20H,4-9H2,1-3H3/t11-,13-,14-,15-,16+,17-,18+,19+,20+/m0/s1. The largest absolute Gasteiger partial charge is 0.460 e. The molecule has 9 atom stereocenters. The number of ether oxygens (including phenoxy) is 3. The molecule has 5 rings (SSSR count). The monoisotopic (exact) mass is 389 g/mol. The van der Waals surface area contributed by atoms with Crippen LogP contribution in [-0.4, -0.2) is 59.9 Å². The third-order valence-corrected chi connectivity index (χ3v) is 7.83. The molecule has 6 heteroatoms. The molecule has 6 nitrogen and oxygen atoms in total. The second kappa shape index (κ2) is 6.84. The Morgan fingerprint density at radius 3 is 2.50 bits per heavy atom. The fraction of sp³-hybridized carbons (Fsp3) is 0.818. The number of rotatable bonds is 2. The Morgan fingerprint density at radius 1 is 1.04 bits per heavy atom. The Bertz CT molecular complexity index is 705. The van der Waals surface area contributed by atoms with Crippen molar-refractivity contribution in [3.8, 4) is 0 Å². The Balaban J connectivity index is 1.35. The average molecular weight is 389 g/mol. The van der Waals surface area contributed by atoms with Gasteiger partial charge in [-0.15, -0.1) is 0 Å². The van der Waals surface area contributed by atoms with Crippen LogP contribution in [0.3, 0.4) is 0 Å². The van der Waals surface area contributed by atoms with Gasteiger partial charge in [-0.3, -0.25) is 9.69 Å². The summed E-state index contributed by atoms with van der Waals surface area (Å²) < 4.78 is 17.8. The van der Waals surface area contributed by atoms with Crippen LogP contribution in [0.5, 0.6) is 0 Å². The molecular weight excluding hydrogens is 358 g/mol. The fourth-order valence-corrected chi connectivity index (χ4v) is 6.47. The molecule has 4 saturated heterocycles. The van der Waals surface area contributed by atoms with Gasteiger partial charge in [-0.05, 0) is 57.6 Å². The first-order valence-corrected chi connectivity index (χ1v) is 10.9. The van der Waals surface area contributed by atoms with Gasteiger partial charge in [0.1, 0.15) is 18.3 Å². The van der Waals surface area contributed by atoms with Crippen LogP contribution in [0.1, 0.15) is 52.9 Å². The summed E-state index contributed by atoms with van der Waals surface area (Å²) >= 11 is 0. The molecule has 0 aliphatic carbocycles. The summed E-state index contributed by atoms with van der Waals surface area (Å²) in [7, 11) is 0. The van der Waals surface area contributed by atoms with E-state index in [9.17, 15) is 9.59 Å². The lowest BCUT2D eigenvalue weighted by Crippen LogP contribution is -2.47. The second-order valence-corrected chi connectivity index (χ2v) is 9.50. The van der Waals surface area contributed by atoms with Gasteiger partial charge in [0.15, 0.2) is 0 Å². The van der Waals surface area contributed by atoms with Crippen molar-refractivity contribution in [3.63, 3.8) is 0 Å². The van der Waals surface area contributed by atoms with Gasteiger partial charge >= 0.3 is 11.9 Å². The maximum atomic E-state index is 11.9. The normalized spacial score (nSPS) is 48.7. The molecule has 5 heterocycles. The minimum atomic E-state index is -0.253. The van der Waals surface area contributed by atoms with Crippen molar-refractivity contribution < 1.29 is 23.8 Å². The SMILES string of the molecule is CC1=C[C@H]([C@@H]2O[C@@H]3CCCN4[C@@H](CC[C@H]4[C@@H]4C[C@H](C)C(=O)O4)[C@H]3[C@@H]2C)OC1=O. The number of cyclic esters (lactones) is 2. The lowest BCUT2D eigenvalue weighted by Gasteiger charge is -2.36. The van der Waals surface area contributed by atoms with Crippen molar-refractivity contribution >= 4 is 11.9 Å². The third kappa shape index (κ3) is 2.83. The van der Waals surface area contributed by atoms with Crippen molar-refractivity contribution in [1.82, 2.24) is 4.90 Å². The zero-order valence-electron chi connectivity index (χ0n) is 17.0. The van der Waals surface area contributed by atoms with Gasteiger partial charge in [-0.2, -0.15) is 0 Å². The number of carbonyl (C=O) groups excluding carboxylic acids is 2. The van der Waals surface area contributed by atoms with Crippen molar-refractivity contribution in [2.24, 2.45) is 17.8 Å². The quantitative estimate of drug-likeness (QED) is 0.676. The lowest BCUT2D eigenvalue weighted by molar-refractivity contribution is -0.147. The number of esters is 2. The summed E-state index contributed by atoms with van der Waals surface area (Å²) in [6.45, 7) is 7.11. The lowest BCUT2D eigenvalue weighted by atomic mass is 9.80. The van der Waals surface area contributed by atoms with Crippen LogP contribution in [0, 0.1) is 17.8 Å². The minimum absolute atomic E-state index is 0.0222. The highest BCUT2D eigenvalue weighted by Crippen LogP contribution is 2.48. The molecule has 0 amide bonds. The smallest absolute Gasteiger partial charge is 0.334 e. The molecule has 28 heavy (non-hydrogen) atoms.